The van der Waals surface area contributed by atoms with E-state index in [1.807, 2.05) is 10.6 Å². The number of aliphatic hydroxyl groups excluding tert-OH is 1. The van der Waals surface area contributed by atoms with Gasteiger partial charge in [-0.05, 0) is 54.8 Å². The lowest BCUT2D eigenvalue weighted by Gasteiger charge is -2.31. The fraction of sp³-hybridized carbons (Fsp3) is 0.381. The number of rotatable bonds is 3. The summed E-state index contributed by atoms with van der Waals surface area (Å²) in [5.41, 5.74) is 3.69. The van der Waals surface area contributed by atoms with E-state index in [1.54, 1.807) is 24.5 Å². The SMILES string of the molecule is OC(Cn1c2c(c3cc(Cl)cc(F)c31)C1CCCN1CC2)c1ccncc1. The predicted octanol–water partition coefficient (Wildman–Crippen LogP) is 4.26. The molecule has 5 rings (SSSR count). The molecule has 0 amide bonds. The molecule has 2 aliphatic rings. The van der Waals surface area contributed by atoms with Crippen molar-refractivity contribution in [3.8, 4) is 0 Å². The number of aliphatic hydroxyl groups is 1. The van der Waals surface area contributed by atoms with E-state index in [4.69, 9.17) is 11.6 Å². The zero-order valence-corrected chi connectivity index (χ0v) is 15.7. The zero-order valence-electron chi connectivity index (χ0n) is 14.9. The Labute approximate surface area is 162 Å². The molecule has 1 saturated heterocycles. The molecule has 0 bridgehead atoms. The van der Waals surface area contributed by atoms with Crippen LogP contribution in [0.2, 0.25) is 5.02 Å². The lowest BCUT2D eigenvalue weighted by molar-refractivity contribution is 0.155. The van der Waals surface area contributed by atoms with Gasteiger partial charge in [0.05, 0.1) is 18.2 Å². The van der Waals surface area contributed by atoms with E-state index in [0.717, 1.165) is 42.6 Å². The zero-order chi connectivity index (χ0) is 18.5. The van der Waals surface area contributed by atoms with Crippen LogP contribution < -0.4 is 0 Å². The Balaban J connectivity index is 1.68. The van der Waals surface area contributed by atoms with Crippen molar-refractivity contribution < 1.29 is 9.50 Å². The molecular weight excluding hydrogens is 365 g/mol. The molecule has 4 heterocycles. The van der Waals surface area contributed by atoms with Gasteiger partial charge < -0.3 is 9.67 Å². The molecule has 4 nitrogen and oxygen atoms in total. The van der Waals surface area contributed by atoms with Crippen LogP contribution in [0.25, 0.3) is 10.9 Å². The van der Waals surface area contributed by atoms with Crippen LogP contribution in [0.3, 0.4) is 0 Å². The summed E-state index contributed by atoms with van der Waals surface area (Å²) in [5.74, 6) is -0.321. The third-order valence-electron chi connectivity index (χ3n) is 6.00. The highest BCUT2D eigenvalue weighted by atomic mass is 35.5. The third-order valence-corrected chi connectivity index (χ3v) is 6.22. The van der Waals surface area contributed by atoms with E-state index < -0.39 is 6.10 Å². The van der Waals surface area contributed by atoms with E-state index in [1.165, 1.54) is 18.1 Å². The molecule has 0 spiro atoms. The molecular formula is C21H21ClFN3O. The summed E-state index contributed by atoms with van der Waals surface area (Å²) in [5, 5.41) is 12.1. The quantitative estimate of drug-likeness (QED) is 0.732. The molecule has 0 radical (unpaired) electrons. The first-order valence-corrected chi connectivity index (χ1v) is 9.83. The van der Waals surface area contributed by atoms with Gasteiger partial charge in [0.1, 0.15) is 5.82 Å². The van der Waals surface area contributed by atoms with E-state index >= 15 is 0 Å². The lowest BCUT2D eigenvalue weighted by atomic mass is 9.96. The second-order valence-corrected chi connectivity index (χ2v) is 7.93. The minimum Gasteiger partial charge on any atom is -0.387 e. The highest BCUT2D eigenvalue weighted by Crippen LogP contribution is 2.44. The molecule has 2 unspecified atom stereocenters. The molecule has 2 aromatic heterocycles. The van der Waals surface area contributed by atoms with Gasteiger partial charge in [-0.15, -0.1) is 0 Å². The minimum absolute atomic E-state index is 0.321. The van der Waals surface area contributed by atoms with Gasteiger partial charge in [-0.25, -0.2) is 4.39 Å². The normalized spacial score (nSPS) is 20.6. The van der Waals surface area contributed by atoms with Crippen molar-refractivity contribution >= 4 is 22.5 Å². The minimum atomic E-state index is -0.718. The van der Waals surface area contributed by atoms with Crippen LogP contribution >= 0.6 is 11.6 Å². The highest BCUT2D eigenvalue weighted by molar-refractivity contribution is 6.31. The summed E-state index contributed by atoms with van der Waals surface area (Å²) in [6.45, 7) is 2.40. The van der Waals surface area contributed by atoms with Gasteiger partial charge in [0.25, 0.3) is 0 Å². The van der Waals surface area contributed by atoms with E-state index in [9.17, 15) is 9.50 Å². The number of benzene rings is 1. The molecule has 140 valence electrons. The van der Waals surface area contributed by atoms with Crippen LogP contribution in [0.4, 0.5) is 4.39 Å². The van der Waals surface area contributed by atoms with Crippen molar-refractivity contribution in [1.29, 1.82) is 0 Å². The Kier molecular flexibility index (Phi) is 4.19. The summed E-state index contributed by atoms with van der Waals surface area (Å²) in [6.07, 6.45) is 5.73. The number of halogens is 2. The van der Waals surface area contributed by atoms with E-state index in [2.05, 4.69) is 9.88 Å². The fourth-order valence-electron chi connectivity index (χ4n) is 4.86. The summed E-state index contributed by atoms with van der Waals surface area (Å²) >= 11 is 6.20. The van der Waals surface area contributed by atoms with Gasteiger partial charge in [-0.1, -0.05) is 11.6 Å². The summed E-state index contributed by atoms with van der Waals surface area (Å²) < 4.78 is 17.0. The molecule has 1 aromatic carbocycles. The first kappa shape index (κ1) is 17.2. The number of pyridine rings is 1. The first-order valence-electron chi connectivity index (χ1n) is 9.45. The average Bonchev–Trinajstić information content (AvgIpc) is 3.25. The molecule has 3 aromatic rings. The number of fused-ring (bicyclic) bond motifs is 5. The molecule has 27 heavy (non-hydrogen) atoms. The van der Waals surface area contributed by atoms with Crippen molar-refractivity contribution in [2.45, 2.75) is 38.0 Å². The largest absolute Gasteiger partial charge is 0.387 e. The predicted molar refractivity (Wildman–Crippen MR) is 103 cm³/mol. The summed E-state index contributed by atoms with van der Waals surface area (Å²) in [6, 6.07) is 7.18. The molecule has 2 aliphatic heterocycles. The van der Waals surface area contributed by atoms with Crippen LogP contribution in [0.15, 0.2) is 36.7 Å². The molecule has 0 saturated carbocycles. The smallest absolute Gasteiger partial charge is 0.148 e. The standard InChI is InChI=1S/C21H21ClFN3O/c22-14-10-15-20-17-2-1-8-25(17)9-5-18(20)26(21(15)16(23)11-14)12-19(27)13-3-6-24-7-4-13/h3-4,6-7,10-11,17,19,27H,1-2,5,8-9,12H2. The van der Waals surface area contributed by atoms with Crippen molar-refractivity contribution in [2.24, 2.45) is 0 Å². The second kappa shape index (κ2) is 6.59. The first-order chi connectivity index (χ1) is 13.1. The van der Waals surface area contributed by atoms with E-state index in [-0.39, 0.29) is 5.82 Å². The topological polar surface area (TPSA) is 41.3 Å². The average molecular weight is 386 g/mol. The van der Waals surface area contributed by atoms with Crippen LogP contribution in [-0.4, -0.2) is 32.6 Å². The maximum Gasteiger partial charge on any atom is 0.148 e. The van der Waals surface area contributed by atoms with Crippen LogP contribution in [0.5, 0.6) is 0 Å². The van der Waals surface area contributed by atoms with Gasteiger partial charge >= 0.3 is 0 Å². The van der Waals surface area contributed by atoms with Crippen molar-refractivity contribution in [3.63, 3.8) is 0 Å². The summed E-state index contributed by atoms with van der Waals surface area (Å²) in [4.78, 5) is 6.50. The fourth-order valence-corrected chi connectivity index (χ4v) is 5.06. The summed E-state index contributed by atoms with van der Waals surface area (Å²) in [7, 11) is 0. The van der Waals surface area contributed by atoms with Crippen molar-refractivity contribution in [3.05, 3.63) is 64.3 Å². The Bertz CT molecular complexity index is 1000. The molecule has 1 N–H and O–H groups in total. The maximum absolute atomic E-state index is 15.0. The second-order valence-electron chi connectivity index (χ2n) is 7.50. The van der Waals surface area contributed by atoms with Crippen molar-refractivity contribution in [2.75, 3.05) is 13.1 Å². The maximum atomic E-state index is 15.0. The van der Waals surface area contributed by atoms with Gasteiger partial charge in [0, 0.05) is 47.5 Å². The Morgan fingerprint density at radius 1 is 1.26 bits per heavy atom. The molecule has 0 aliphatic carbocycles. The molecule has 6 heteroatoms. The third kappa shape index (κ3) is 2.76. The van der Waals surface area contributed by atoms with Gasteiger partial charge in [0.15, 0.2) is 0 Å². The Hall–Kier alpha value is -1.95. The van der Waals surface area contributed by atoms with Crippen LogP contribution in [0.1, 0.15) is 41.8 Å². The lowest BCUT2D eigenvalue weighted by Crippen LogP contribution is -2.31. The van der Waals surface area contributed by atoms with E-state index in [0.29, 0.717) is 23.1 Å². The van der Waals surface area contributed by atoms with Gasteiger partial charge in [-0.2, -0.15) is 0 Å². The van der Waals surface area contributed by atoms with Gasteiger partial charge in [0.2, 0.25) is 0 Å². The van der Waals surface area contributed by atoms with Crippen molar-refractivity contribution in [1.82, 2.24) is 14.5 Å². The number of nitrogens with zero attached hydrogens (tertiary/aromatic N) is 3. The Morgan fingerprint density at radius 2 is 2.07 bits per heavy atom. The Morgan fingerprint density at radius 3 is 2.89 bits per heavy atom. The van der Waals surface area contributed by atoms with Gasteiger partial charge in [-0.3, -0.25) is 9.88 Å². The molecule has 2 atom stereocenters. The molecule has 1 fully saturated rings. The highest BCUT2D eigenvalue weighted by Gasteiger charge is 2.36. The number of hydrogen-bond acceptors (Lipinski definition) is 3. The monoisotopic (exact) mass is 385 g/mol. The number of hydrogen-bond donors (Lipinski definition) is 1. The number of aromatic nitrogens is 2. The van der Waals surface area contributed by atoms with Crippen LogP contribution in [0, 0.1) is 5.82 Å². The van der Waals surface area contributed by atoms with Crippen LogP contribution in [-0.2, 0) is 13.0 Å².